The fraction of sp³-hybridized carbons (Fsp3) is 0.571. The summed E-state index contributed by atoms with van der Waals surface area (Å²) in [5, 5.41) is 0. The molecule has 0 spiro atoms. The van der Waals surface area contributed by atoms with E-state index in [4.69, 9.17) is 8.85 Å². The summed E-state index contributed by atoms with van der Waals surface area (Å²) in [6.45, 7) is 17.1. The second-order valence-corrected chi connectivity index (χ2v) is 15.6. The van der Waals surface area contributed by atoms with Crippen LogP contribution in [0.25, 0.3) is 0 Å². The Labute approximate surface area is 114 Å². The number of allylic oxidation sites excluding steroid dienone is 1. The van der Waals surface area contributed by atoms with Gasteiger partial charge in [-0.25, -0.2) is 0 Å². The first-order valence-electron chi connectivity index (χ1n) is 6.47. The first-order chi connectivity index (χ1) is 8.05. The maximum Gasteiger partial charge on any atom is 0.242 e. The molecule has 2 nitrogen and oxygen atoms in total. The smallest absolute Gasteiger partial charge is 0.242 e. The molecule has 1 aliphatic rings. The monoisotopic (exact) mass is 282 g/mol. The summed E-state index contributed by atoms with van der Waals surface area (Å²) in [6.07, 6.45) is 8.97. The van der Waals surface area contributed by atoms with Crippen molar-refractivity contribution in [2.45, 2.75) is 51.3 Å². The van der Waals surface area contributed by atoms with Crippen molar-refractivity contribution in [3.8, 4) is 0 Å². The van der Waals surface area contributed by atoms with Gasteiger partial charge in [-0.1, -0.05) is 12.7 Å². The summed E-state index contributed by atoms with van der Waals surface area (Å²) >= 11 is 0. The summed E-state index contributed by atoms with van der Waals surface area (Å²) in [5.74, 6) is 0.978. The van der Waals surface area contributed by atoms with Crippen LogP contribution in [0.5, 0.6) is 0 Å². The Morgan fingerprint density at radius 2 is 1.78 bits per heavy atom. The van der Waals surface area contributed by atoms with Crippen LogP contribution < -0.4 is 0 Å². The molecule has 4 heteroatoms. The lowest BCUT2D eigenvalue weighted by Crippen LogP contribution is -2.40. The molecule has 0 aromatic heterocycles. The highest BCUT2D eigenvalue weighted by molar-refractivity contribution is 6.70. The van der Waals surface area contributed by atoms with Gasteiger partial charge >= 0.3 is 0 Å². The van der Waals surface area contributed by atoms with Crippen molar-refractivity contribution >= 4 is 16.6 Å². The van der Waals surface area contributed by atoms with Crippen molar-refractivity contribution in [1.82, 2.24) is 0 Å². The van der Waals surface area contributed by atoms with Gasteiger partial charge in [-0.2, -0.15) is 0 Å². The lowest BCUT2D eigenvalue weighted by molar-refractivity contribution is 0.163. The zero-order valence-electron chi connectivity index (χ0n) is 12.5. The molecule has 1 rings (SSSR count). The molecule has 0 heterocycles. The van der Waals surface area contributed by atoms with Crippen LogP contribution in [0.1, 0.15) is 6.42 Å². The molecule has 0 saturated heterocycles. The van der Waals surface area contributed by atoms with E-state index in [1.807, 2.05) is 12.2 Å². The second-order valence-electron chi connectivity index (χ2n) is 6.73. The quantitative estimate of drug-likeness (QED) is 0.547. The molecule has 0 radical (unpaired) electrons. The summed E-state index contributed by atoms with van der Waals surface area (Å²) in [7, 11) is -3.12. The molecule has 0 amide bonds. The van der Waals surface area contributed by atoms with Gasteiger partial charge in [0.25, 0.3) is 0 Å². The molecular formula is C14H26O2Si2. The third kappa shape index (κ3) is 4.96. The Morgan fingerprint density at radius 1 is 1.17 bits per heavy atom. The van der Waals surface area contributed by atoms with E-state index in [0.29, 0.717) is 0 Å². The molecule has 102 valence electrons. The maximum atomic E-state index is 6.24. The van der Waals surface area contributed by atoms with Crippen LogP contribution in [0.2, 0.25) is 39.3 Å². The predicted molar refractivity (Wildman–Crippen MR) is 83.6 cm³/mol. The van der Waals surface area contributed by atoms with Gasteiger partial charge in [-0.05, 0) is 57.5 Å². The third-order valence-corrected chi connectivity index (χ3v) is 4.26. The van der Waals surface area contributed by atoms with E-state index in [2.05, 4.69) is 58.0 Å². The van der Waals surface area contributed by atoms with E-state index in [1.54, 1.807) is 0 Å². The number of hydrogen-bond acceptors (Lipinski definition) is 2. The molecule has 0 aliphatic heterocycles. The van der Waals surface area contributed by atoms with Crippen LogP contribution in [-0.4, -0.2) is 22.2 Å². The molecule has 0 saturated carbocycles. The van der Waals surface area contributed by atoms with Gasteiger partial charge in [0.1, 0.15) is 0 Å². The van der Waals surface area contributed by atoms with E-state index in [1.165, 1.54) is 0 Å². The van der Waals surface area contributed by atoms with Crippen molar-refractivity contribution < 1.29 is 8.85 Å². The SMILES string of the molecule is C=CC1(O[Si](C)(C)C)C=CC(O[Si](C)(C)C)=CC1. The Bertz CT molecular complexity index is 372. The largest absolute Gasteiger partial charge is 0.545 e. The van der Waals surface area contributed by atoms with E-state index in [9.17, 15) is 0 Å². The molecule has 0 N–H and O–H groups in total. The van der Waals surface area contributed by atoms with Gasteiger partial charge in [0.2, 0.25) is 8.32 Å². The number of rotatable bonds is 5. The Balaban J connectivity index is 2.77. The Kier molecular flexibility index (Phi) is 4.46. The lowest BCUT2D eigenvalue weighted by atomic mass is 9.95. The lowest BCUT2D eigenvalue weighted by Gasteiger charge is -2.36. The van der Waals surface area contributed by atoms with Crippen LogP contribution >= 0.6 is 0 Å². The number of hydrogen-bond donors (Lipinski definition) is 0. The van der Waals surface area contributed by atoms with Crippen molar-refractivity contribution in [2.24, 2.45) is 0 Å². The highest BCUT2D eigenvalue weighted by Gasteiger charge is 2.32. The minimum atomic E-state index is -1.59. The standard InChI is InChI=1S/C14H26O2Si2/c1-8-14(16-18(5,6)7)11-9-13(10-12-14)15-17(2,3)4/h8-11H,1,12H2,2-7H3. The Hall–Kier alpha value is -0.586. The van der Waals surface area contributed by atoms with Crippen LogP contribution in [0.3, 0.4) is 0 Å². The topological polar surface area (TPSA) is 18.5 Å². The zero-order valence-corrected chi connectivity index (χ0v) is 14.5. The van der Waals surface area contributed by atoms with Crippen molar-refractivity contribution in [3.63, 3.8) is 0 Å². The molecule has 1 atom stereocenters. The highest BCUT2D eigenvalue weighted by atomic mass is 28.4. The maximum absolute atomic E-state index is 6.24. The van der Waals surface area contributed by atoms with Crippen LogP contribution in [0.4, 0.5) is 0 Å². The summed E-state index contributed by atoms with van der Waals surface area (Å²) < 4.78 is 12.2. The highest BCUT2D eigenvalue weighted by Crippen LogP contribution is 2.30. The van der Waals surface area contributed by atoms with Crippen LogP contribution in [0, 0.1) is 0 Å². The van der Waals surface area contributed by atoms with Crippen molar-refractivity contribution in [2.75, 3.05) is 0 Å². The third-order valence-electron chi connectivity index (χ3n) is 2.42. The van der Waals surface area contributed by atoms with Gasteiger partial charge in [-0.15, -0.1) is 0 Å². The van der Waals surface area contributed by atoms with Crippen LogP contribution in [-0.2, 0) is 8.85 Å². The fourth-order valence-electron chi connectivity index (χ4n) is 1.89. The first-order valence-corrected chi connectivity index (χ1v) is 13.3. The van der Waals surface area contributed by atoms with Gasteiger partial charge in [0, 0.05) is 6.42 Å². The van der Waals surface area contributed by atoms with Crippen molar-refractivity contribution in [1.29, 1.82) is 0 Å². The summed E-state index contributed by atoms with van der Waals surface area (Å²) in [6, 6.07) is 0. The van der Waals surface area contributed by atoms with E-state index >= 15 is 0 Å². The normalized spacial score (nSPS) is 24.7. The molecule has 1 aliphatic carbocycles. The van der Waals surface area contributed by atoms with Gasteiger partial charge in [0.15, 0.2) is 8.32 Å². The van der Waals surface area contributed by atoms with Gasteiger partial charge in [-0.3, -0.25) is 0 Å². The zero-order chi connectivity index (χ0) is 14.0. The summed E-state index contributed by atoms with van der Waals surface area (Å²) in [4.78, 5) is 0. The molecular weight excluding hydrogens is 256 g/mol. The summed E-state index contributed by atoms with van der Waals surface area (Å²) in [5.41, 5.74) is -0.337. The minimum absolute atomic E-state index is 0.337. The molecule has 0 aromatic carbocycles. The average molecular weight is 283 g/mol. The fourth-order valence-corrected chi connectivity index (χ4v) is 4.12. The van der Waals surface area contributed by atoms with Gasteiger partial charge < -0.3 is 8.85 Å². The Morgan fingerprint density at radius 3 is 2.11 bits per heavy atom. The molecule has 0 bridgehead atoms. The van der Waals surface area contributed by atoms with Crippen molar-refractivity contribution in [3.05, 3.63) is 36.6 Å². The second kappa shape index (κ2) is 5.19. The molecule has 18 heavy (non-hydrogen) atoms. The first kappa shape index (κ1) is 15.5. The molecule has 0 fully saturated rings. The van der Waals surface area contributed by atoms with E-state index in [-0.39, 0.29) is 5.60 Å². The predicted octanol–water partition coefficient (Wildman–Crippen LogP) is 4.46. The molecule has 0 aromatic rings. The van der Waals surface area contributed by atoms with Gasteiger partial charge in [0.05, 0.1) is 11.4 Å². The average Bonchev–Trinajstić information content (AvgIpc) is 2.17. The minimum Gasteiger partial charge on any atom is -0.545 e. The molecule has 1 unspecified atom stereocenters. The van der Waals surface area contributed by atoms with E-state index < -0.39 is 16.6 Å². The van der Waals surface area contributed by atoms with Crippen LogP contribution in [0.15, 0.2) is 36.6 Å². The van der Waals surface area contributed by atoms with E-state index in [0.717, 1.165) is 12.2 Å².